The smallest absolute Gasteiger partial charge is 0.266 e. The molecule has 0 amide bonds. The highest BCUT2D eigenvalue weighted by atomic mass is 19.3. The van der Waals surface area contributed by atoms with Crippen molar-refractivity contribution in [1.82, 2.24) is 24.4 Å². The summed E-state index contributed by atoms with van der Waals surface area (Å²) in [5, 5.41) is 0. The number of imidazole rings is 1. The lowest BCUT2D eigenvalue weighted by molar-refractivity contribution is 0.128. The number of aromatic nitrogens is 4. The third-order valence-electron chi connectivity index (χ3n) is 6.61. The van der Waals surface area contributed by atoms with E-state index < -0.39 is 17.8 Å². The van der Waals surface area contributed by atoms with E-state index in [2.05, 4.69) is 50.9 Å². The minimum absolute atomic E-state index is 0.0613. The first-order valence-corrected chi connectivity index (χ1v) is 11.4. The van der Waals surface area contributed by atoms with E-state index in [9.17, 15) is 13.2 Å². The first-order valence-electron chi connectivity index (χ1n) is 11.4. The maximum Gasteiger partial charge on any atom is 0.266 e. The van der Waals surface area contributed by atoms with Gasteiger partial charge >= 0.3 is 0 Å². The molecule has 0 aliphatic carbocycles. The highest BCUT2D eigenvalue weighted by molar-refractivity contribution is 5.85. The molecule has 1 aromatic carbocycles. The van der Waals surface area contributed by atoms with Gasteiger partial charge in [-0.25, -0.2) is 24.0 Å². The Kier molecular flexibility index (Phi) is 6.68. The molecule has 0 saturated carbocycles. The van der Waals surface area contributed by atoms with Gasteiger partial charge in [-0.1, -0.05) is 26.0 Å². The van der Waals surface area contributed by atoms with Gasteiger partial charge in [0, 0.05) is 38.8 Å². The molecule has 3 aromatic rings. The van der Waals surface area contributed by atoms with Gasteiger partial charge in [-0.05, 0) is 31.4 Å². The van der Waals surface area contributed by atoms with E-state index >= 15 is 0 Å². The van der Waals surface area contributed by atoms with Crippen molar-refractivity contribution in [2.45, 2.75) is 46.2 Å². The van der Waals surface area contributed by atoms with Gasteiger partial charge < -0.3 is 9.47 Å². The molecular formula is C23H31F3N8. The molecule has 1 fully saturated rings. The predicted molar refractivity (Wildman–Crippen MR) is 126 cm³/mol. The number of hydrogen-bond acceptors (Lipinski definition) is 7. The first-order chi connectivity index (χ1) is 16.1. The van der Waals surface area contributed by atoms with Crippen molar-refractivity contribution in [3.05, 3.63) is 41.0 Å². The molecule has 3 heterocycles. The van der Waals surface area contributed by atoms with Crippen LogP contribution < -0.4 is 16.2 Å². The number of alkyl halides is 2. The van der Waals surface area contributed by atoms with Gasteiger partial charge in [0.2, 0.25) is 5.95 Å². The first kappa shape index (κ1) is 24.2. The van der Waals surface area contributed by atoms with Crippen LogP contribution in [0.3, 0.4) is 0 Å². The van der Waals surface area contributed by atoms with E-state index in [0.717, 1.165) is 5.82 Å². The SMILES string of the molecule is Cc1nc2c(N3CCN(C(c4ccc(C(F)F)c(F)c4)C(C)C)CC3C)nc(NN)nc2n1C. The number of hydrogen-bond donors (Lipinski definition) is 2. The Hall–Kier alpha value is -2.92. The summed E-state index contributed by atoms with van der Waals surface area (Å²) in [6, 6.07) is 4.04. The van der Waals surface area contributed by atoms with Gasteiger partial charge in [-0.15, -0.1) is 0 Å². The number of nitrogens with one attached hydrogen (secondary N) is 1. The molecule has 0 radical (unpaired) electrons. The quantitative estimate of drug-likeness (QED) is 0.412. The minimum Gasteiger partial charge on any atom is -0.349 e. The number of hydrazine groups is 1. The summed E-state index contributed by atoms with van der Waals surface area (Å²) in [6.45, 7) is 10.2. The Morgan fingerprint density at radius 1 is 1.15 bits per heavy atom. The van der Waals surface area contributed by atoms with Gasteiger partial charge in [0.05, 0.1) is 5.56 Å². The molecule has 4 rings (SSSR count). The highest BCUT2D eigenvalue weighted by Crippen LogP contribution is 2.35. The summed E-state index contributed by atoms with van der Waals surface area (Å²) in [5.41, 5.74) is 4.09. The van der Waals surface area contributed by atoms with Crippen LogP contribution in [-0.4, -0.2) is 50.1 Å². The van der Waals surface area contributed by atoms with E-state index in [4.69, 9.17) is 5.84 Å². The summed E-state index contributed by atoms with van der Waals surface area (Å²) in [5.74, 6) is 6.77. The number of anilines is 2. The largest absolute Gasteiger partial charge is 0.349 e. The third kappa shape index (κ3) is 4.29. The molecule has 184 valence electrons. The molecule has 2 atom stereocenters. The van der Waals surface area contributed by atoms with Gasteiger partial charge in [0.1, 0.15) is 11.6 Å². The molecule has 34 heavy (non-hydrogen) atoms. The molecule has 1 aliphatic heterocycles. The third-order valence-corrected chi connectivity index (χ3v) is 6.61. The monoisotopic (exact) mass is 476 g/mol. The minimum atomic E-state index is -2.83. The van der Waals surface area contributed by atoms with Gasteiger partial charge in [-0.2, -0.15) is 9.97 Å². The molecule has 0 bridgehead atoms. The zero-order valence-corrected chi connectivity index (χ0v) is 20.1. The molecule has 1 aliphatic rings. The standard InChI is InChI=1S/C23H31F3N8/c1-12(2)19(15-6-7-16(20(25)26)17(24)10-15)33-8-9-34(13(3)11-33)22-18-21(29-23(30-22)31-27)32(5)14(4)28-18/h6-7,10,12-13,19-20H,8-9,11,27H2,1-5H3,(H,29,30,31). The zero-order valence-electron chi connectivity index (χ0n) is 20.1. The lowest BCUT2D eigenvalue weighted by Gasteiger charge is -2.45. The maximum atomic E-state index is 14.4. The second kappa shape index (κ2) is 9.38. The summed E-state index contributed by atoms with van der Waals surface area (Å²) in [6.07, 6.45) is -2.83. The molecule has 2 unspecified atom stereocenters. The van der Waals surface area contributed by atoms with Crippen molar-refractivity contribution < 1.29 is 13.2 Å². The number of piperazine rings is 1. The Labute approximate surface area is 196 Å². The normalized spacial score (nSPS) is 18.3. The second-order valence-corrected chi connectivity index (χ2v) is 9.21. The molecule has 3 N–H and O–H groups in total. The zero-order chi connectivity index (χ0) is 24.7. The summed E-state index contributed by atoms with van der Waals surface area (Å²) in [4.78, 5) is 18.2. The van der Waals surface area contributed by atoms with Crippen LogP contribution in [0.1, 0.15) is 50.2 Å². The molecule has 8 nitrogen and oxygen atoms in total. The number of rotatable bonds is 6. The molecule has 11 heteroatoms. The highest BCUT2D eigenvalue weighted by Gasteiger charge is 2.33. The number of aryl methyl sites for hydroxylation is 2. The predicted octanol–water partition coefficient (Wildman–Crippen LogP) is 3.94. The van der Waals surface area contributed by atoms with Gasteiger partial charge in [0.25, 0.3) is 6.43 Å². The van der Waals surface area contributed by atoms with Crippen LogP contribution in [0.25, 0.3) is 11.2 Å². The van der Waals surface area contributed by atoms with Gasteiger partial charge in [-0.3, -0.25) is 10.3 Å². The Morgan fingerprint density at radius 2 is 1.88 bits per heavy atom. The fraction of sp³-hybridized carbons (Fsp3) is 0.522. The fourth-order valence-electron chi connectivity index (χ4n) is 4.90. The summed E-state index contributed by atoms with van der Waals surface area (Å²) in [7, 11) is 1.90. The van der Waals surface area contributed by atoms with Crippen molar-refractivity contribution in [2.24, 2.45) is 18.8 Å². The lowest BCUT2D eigenvalue weighted by Crippen LogP contribution is -2.54. The van der Waals surface area contributed by atoms with E-state index in [-0.39, 0.29) is 18.0 Å². The Bertz CT molecular complexity index is 1180. The second-order valence-electron chi connectivity index (χ2n) is 9.21. The van der Waals surface area contributed by atoms with Crippen LogP contribution in [-0.2, 0) is 7.05 Å². The van der Waals surface area contributed by atoms with Crippen LogP contribution in [0.2, 0.25) is 0 Å². The Morgan fingerprint density at radius 3 is 2.47 bits per heavy atom. The summed E-state index contributed by atoms with van der Waals surface area (Å²) >= 11 is 0. The number of nitrogen functional groups attached to an aromatic ring is 1. The van der Waals surface area contributed by atoms with Crippen LogP contribution in [0.4, 0.5) is 24.9 Å². The molecule has 2 aromatic heterocycles. The lowest BCUT2D eigenvalue weighted by atomic mass is 9.92. The van der Waals surface area contributed by atoms with E-state index in [0.29, 0.717) is 48.1 Å². The number of nitrogens with zero attached hydrogens (tertiary/aromatic N) is 6. The molecule has 0 spiro atoms. The maximum absolute atomic E-state index is 14.4. The van der Waals surface area contributed by atoms with Crippen molar-refractivity contribution >= 4 is 22.9 Å². The van der Waals surface area contributed by atoms with E-state index in [1.54, 1.807) is 6.07 Å². The average Bonchev–Trinajstić information content (AvgIpc) is 3.07. The number of benzene rings is 1. The van der Waals surface area contributed by atoms with Crippen molar-refractivity contribution in [3.8, 4) is 0 Å². The molecular weight excluding hydrogens is 445 g/mol. The van der Waals surface area contributed by atoms with Crippen LogP contribution in [0.5, 0.6) is 0 Å². The van der Waals surface area contributed by atoms with Crippen LogP contribution >= 0.6 is 0 Å². The average molecular weight is 477 g/mol. The van der Waals surface area contributed by atoms with Crippen LogP contribution in [0, 0.1) is 18.7 Å². The number of halogens is 3. The van der Waals surface area contributed by atoms with E-state index in [1.807, 2.05) is 18.5 Å². The number of nitrogens with two attached hydrogens (primary N) is 1. The van der Waals surface area contributed by atoms with Crippen LogP contribution in [0.15, 0.2) is 18.2 Å². The van der Waals surface area contributed by atoms with Crippen molar-refractivity contribution in [3.63, 3.8) is 0 Å². The van der Waals surface area contributed by atoms with Gasteiger partial charge in [0.15, 0.2) is 17.0 Å². The Balaban J connectivity index is 1.63. The number of fused-ring (bicyclic) bond motifs is 1. The summed E-state index contributed by atoms with van der Waals surface area (Å²) < 4.78 is 42.3. The van der Waals surface area contributed by atoms with Crippen molar-refractivity contribution in [1.29, 1.82) is 0 Å². The van der Waals surface area contributed by atoms with E-state index in [1.165, 1.54) is 12.1 Å². The topological polar surface area (TPSA) is 88.1 Å². The molecule has 1 saturated heterocycles. The van der Waals surface area contributed by atoms with Crippen molar-refractivity contribution in [2.75, 3.05) is 30.0 Å². The fourth-order valence-corrected chi connectivity index (χ4v) is 4.90.